The van der Waals surface area contributed by atoms with Crippen molar-refractivity contribution < 1.29 is 4.74 Å². The molecule has 1 unspecified atom stereocenters. The Bertz CT molecular complexity index is 850. The fraction of sp³-hybridized carbons (Fsp3) is 0.381. The first-order valence-electron chi connectivity index (χ1n) is 9.07. The van der Waals surface area contributed by atoms with Crippen LogP contribution in [-0.2, 0) is 11.3 Å². The summed E-state index contributed by atoms with van der Waals surface area (Å²) in [4.78, 5) is 2.32. The van der Waals surface area contributed by atoms with Crippen molar-refractivity contribution in [1.29, 1.82) is 0 Å². The highest BCUT2D eigenvalue weighted by molar-refractivity contribution is 5.93. The maximum Gasteiger partial charge on any atom is 0.150 e. The highest BCUT2D eigenvalue weighted by atomic mass is 16.5. The van der Waals surface area contributed by atoms with Gasteiger partial charge in [-0.05, 0) is 43.4 Å². The Balaban J connectivity index is 1.70. The van der Waals surface area contributed by atoms with E-state index in [4.69, 9.17) is 4.74 Å². The van der Waals surface area contributed by atoms with E-state index in [1.807, 2.05) is 6.20 Å². The van der Waals surface area contributed by atoms with E-state index < -0.39 is 0 Å². The number of benzene rings is 2. The molecular formula is C21H25N3O. The van der Waals surface area contributed by atoms with Crippen LogP contribution in [0.3, 0.4) is 0 Å². The van der Waals surface area contributed by atoms with Gasteiger partial charge in [0.15, 0.2) is 6.23 Å². The molecule has 0 aliphatic carbocycles. The lowest BCUT2D eigenvalue weighted by molar-refractivity contribution is -0.0366. The molecule has 1 saturated heterocycles. The minimum absolute atomic E-state index is 0.0706. The van der Waals surface area contributed by atoms with Gasteiger partial charge in [0, 0.05) is 25.6 Å². The lowest BCUT2D eigenvalue weighted by Gasteiger charge is -2.25. The molecule has 2 aromatic carbocycles. The molecule has 0 spiro atoms. The van der Waals surface area contributed by atoms with Crippen molar-refractivity contribution in [3.8, 4) is 0 Å². The zero-order chi connectivity index (χ0) is 17.2. The molecule has 0 bridgehead atoms. The van der Waals surface area contributed by atoms with Gasteiger partial charge in [-0.3, -0.25) is 0 Å². The van der Waals surface area contributed by atoms with Crippen molar-refractivity contribution in [2.24, 2.45) is 0 Å². The Hall–Kier alpha value is -2.33. The van der Waals surface area contributed by atoms with Gasteiger partial charge in [0.1, 0.15) is 0 Å². The Morgan fingerprint density at radius 1 is 1.16 bits per heavy atom. The van der Waals surface area contributed by atoms with Crippen LogP contribution in [0.5, 0.6) is 0 Å². The molecule has 0 amide bonds. The molecule has 4 heteroatoms. The van der Waals surface area contributed by atoms with Crippen LogP contribution in [0.25, 0.3) is 10.9 Å². The predicted molar refractivity (Wildman–Crippen MR) is 102 cm³/mol. The molecular weight excluding hydrogens is 310 g/mol. The highest BCUT2D eigenvalue weighted by Crippen LogP contribution is 2.33. The van der Waals surface area contributed by atoms with Crippen LogP contribution >= 0.6 is 0 Å². The Labute approximate surface area is 149 Å². The number of ether oxygens (including phenoxy) is 1. The third kappa shape index (κ3) is 3.14. The van der Waals surface area contributed by atoms with Crippen LogP contribution < -0.4 is 4.90 Å². The number of nitrogens with zero attached hydrogens (tertiary/aromatic N) is 3. The first-order valence-corrected chi connectivity index (χ1v) is 9.07. The number of hydrogen-bond donors (Lipinski definition) is 0. The normalized spacial score (nSPS) is 17.8. The van der Waals surface area contributed by atoms with Gasteiger partial charge in [-0.2, -0.15) is 5.10 Å². The maximum absolute atomic E-state index is 5.94. The molecule has 1 aliphatic heterocycles. The summed E-state index contributed by atoms with van der Waals surface area (Å²) in [7, 11) is 2.16. The number of anilines is 1. The maximum atomic E-state index is 5.94. The number of rotatable bonds is 4. The van der Waals surface area contributed by atoms with Crippen LogP contribution in [0.2, 0.25) is 0 Å². The summed E-state index contributed by atoms with van der Waals surface area (Å²) in [5.41, 5.74) is 5.00. The summed E-state index contributed by atoms with van der Waals surface area (Å²) >= 11 is 0. The minimum atomic E-state index is 0.0706. The van der Waals surface area contributed by atoms with E-state index in [2.05, 4.69) is 71.1 Å². The van der Waals surface area contributed by atoms with Crippen molar-refractivity contribution in [2.75, 3.05) is 18.6 Å². The monoisotopic (exact) mass is 335 g/mol. The topological polar surface area (TPSA) is 30.3 Å². The van der Waals surface area contributed by atoms with Crippen molar-refractivity contribution in [3.05, 3.63) is 59.8 Å². The molecule has 0 N–H and O–H groups in total. The Morgan fingerprint density at radius 3 is 2.76 bits per heavy atom. The molecule has 0 saturated carbocycles. The molecule has 3 aromatic rings. The lowest BCUT2D eigenvalue weighted by atomic mass is 10.1. The van der Waals surface area contributed by atoms with Gasteiger partial charge in [0.2, 0.25) is 0 Å². The van der Waals surface area contributed by atoms with Crippen molar-refractivity contribution in [1.82, 2.24) is 9.78 Å². The second kappa shape index (κ2) is 6.89. The molecule has 1 aromatic heterocycles. The second-order valence-corrected chi connectivity index (χ2v) is 6.92. The van der Waals surface area contributed by atoms with Gasteiger partial charge >= 0.3 is 0 Å². The summed E-state index contributed by atoms with van der Waals surface area (Å²) in [6, 6.07) is 15.0. The van der Waals surface area contributed by atoms with E-state index in [0.29, 0.717) is 0 Å². The number of aromatic nitrogens is 2. The molecule has 130 valence electrons. The van der Waals surface area contributed by atoms with Crippen molar-refractivity contribution in [2.45, 2.75) is 39.0 Å². The van der Waals surface area contributed by atoms with Crippen LogP contribution in [0.15, 0.2) is 48.7 Å². The highest BCUT2D eigenvalue weighted by Gasteiger charge is 2.20. The van der Waals surface area contributed by atoms with E-state index in [-0.39, 0.29) is 6.23 Å². The predicted octanol–water partition coefficient (Wildman–Crippen LogP) is 4.68. The zero-order valence-electron chi connectivity index (χ0n) is 15.0. The van der Waals surface area contributed by atoms with Crippen molar-refractivity contribution in [3.63, 3.8) is 0 Å². The summed E-state index contributed by atoms with van der Waals surface area (Å²) in [6.07, 6.45) is 5.47. The summed E-state index contributed by atoms with van der Waals surface area (Å²) in [5.74, 6) is 0. The Morgan fingerprint density at radius 2 is 2.00 bits per heavy atom. The molecule has 4 nitrogen and oxygen atoms in total. The Kier molecular flexibility index (Phi) is 4.45. The third-order valence-corrected chi connectivity index (χ3v) is 5.03. The number of hydrogen-bond acceptors (Lipinski definition) is 3. The van der Waals surface area contributed by atoms with Gasteiger partial charge in [0.25, 0.3) is 0 Å². The fourth-order valence-corrected chi connectivity index (χ4v) is 3.80. The molecule has 2 heterocycles. The van der Waals surface area contributed by atoms with Crippen molar-refractivity contribution >= 4 is 16.6 Å². The van der Waals surface area contributed by atoms with Gasteiger partial charge in [0.05, 0.1) is 17.4 Å². The fourth-order valence-electron chi connectivity index (χ4n) is 3.80. The molecule has 1 fully saturated rings. The van der Waals surface area contributed by atoms with E-state index in [1.54, 1.807) is 0 Å². The molecule has 1 aliphatic rings. The van der Waals surface area contributed by atoms with Gasteiger partial charge in [-0.25, -0.2) is 4.68 Å². The lowest BCUT2D eigenvalue weighted by Crippen LogP contribution is -2.19. The number of fused-ring (bicyclic) bond motifs is 1. The summed E-state index contributed by atoms with van der Waals surface area (Å²) < 4.78 is 8.01. The quantitative estimate of drug-likeness (QED) is 0.693. The van der Waals surface area contributed by atoms with Crippen LogP contribution in [0.1, 0.15) is 36.6 Å². The largest absolute Gasteiger partial charge is 0.369 e. The zero-order valence-corrected chi connectivity index (χ0v) is 15.0. The average molecular weight is 335 g/mol. The average Bonchev–Trinajstić information content (AvgIpc) is 3.07. The van der Waals surface area contributed by atoms with Gasteiger partial charge in [-0.15, -0.1) is 0 Å². The summed E-state index contributed by atoms with van der Waals surface area (Å²) in [5, 5.41) is 5.88. The standard InChI is InChI=1S/C21H25N3O/c1-16-11-12-19-18(14-22-24(19)20-10-6-7-13-25-20)21(16)23(2)15-17-8-4-3-5-9-17/h3-5,8-9,11-12,14,20H,6-7,10,13,15H2,1-2H3. The molecule has 4 rings (SSSR count). The third-order valence-electron chi connectivity index (χ3n) is 5.03. The summed E-state index contributed by atoms with van der Waals surface area (Å²) in [6.45, 7) is 3.88. The van der Waals surface area contributed by atoms with Crippen LogP contribution in [-0.4, -0.2) is 23.4 Å². The van der Waals surface area contributed by atoms with Gasteiger partial charge in [-0.1, -0.05) is 36.4 Å². The second-order valence-electron chi connectivity index (χ2n) is 6.92. The van der Waals surface area contributed by atoms with E-state index in [1.165, 1.54) is 28.6 Å². The SMILES string of the molecule is Cc1ccc2c(cnn2C2CCCCO2)c1N(C)Cc1ccccc1. The van der Waals surface area contributed by atoms with Crippen LogP contribution in [0.4, 0.5) is 5.69 Å². The van der Waals surface area contributed by atoms with E-state index in [9.17, 15) is 0 Å². The van der Waals surface area contributed by atoms with Gasteiger partial charge < -0.3 is 9.64 Å². The molecule has 25 heavy (non-hydrogen) atoms. The van der Waals surface area contributed by atoms with E-state index in [0.717, 1.165) is 31.5 Å². The first kappa shape index (κ1) is 16.2. The smallest absolute Gasteiger partial charge is 0.150 e. The van der Waals surface area contributed by atoms with E-state index >= 15 is 0 Å². The molecule has 0 radical (unpaired) electrons. The first-order chi connectivity index (χ1) is 12.2. The minimum Gasteiger partial charge on any atom is -0.369 e. The van der Waals surface area contributed by atoms with Crippen LogP contribution in [0, 0.1) is 6.92 Å². The molecule has 1 atom stereocenters. The number of aryl methyl sites for hydroxylation is 1.